The summed E-state index contributed by atoms with van der Waals surface area (Å²) in [5, 5.41) is 0. The van der Waals surface area contributed by atoms with Gasteiger partial charge >= 0.3 is 0 Å². The zero-order valence-electron chi connectivity index (χ0n) is 8.49. The molecule has 76 valence electrons. The lowest BCUT2D eigenvalue weighted by Crippen LogP contribution is -2.01. The number of hydrogen-bond donors (Lipinski definition) is 1. The first-order valence-electron chi connectivity index (χ1n) is 4.73. The smallest absolute Gasteiger partial charge is 0.160 e. The summed E-state index contributed by atoms with van der Waals surface area (Å²) >= 11 is 0. The van der Waals surface area contributed by atoms with Crippen LogP contribution < -0.4 is 15.2 Å². The molecular weight excluding hydrogens is 178 g/mol. The molecule has 1 unspecified atom stereocenters. The molecule has 0 heterocycles. The van der Waals surface area contributed by atoms with E-state index in [-0.39, 0.29) is 0 Å². The highest BCUT2D eigenvalue weighted by molar-refractivity contribution is 5.45. The minimum absolute atomic E-state index is 0.327. The van der Waals surface area contributed by atoms with Crippen molar-refractivity contribution in [3.05, 3.63) is 23.8 Å². The average Bonchev–Trinajstić information content (AvgIpc) is 2.94. The Morgan fingerprint density at radius 2 is 1.86 bits per heavy atom. The Morgan fingerprint density at radius 3 is 2.36 bits per heavy atom. The van der Waals surface area contributed by atoms with Gasteiger partial charge in [-0.2, -0.15) is 0 Å². The fraction of sp³-hybridized carbons (Fsp3) is 0.455. The van der Waals surface area contributed by atoms with Crippen LogP contribution >= 0.6 is 0 Å². The number of ether oxygens (including phenoxy) is 2. The van der Waals surface area contributed by atoms with Crippen LogP contribution in [0.1, 0.15) is 17.9 Å². The van der Waals surface area contributed by atoms with Crippen molar-refractivity contribution in [2.24, 2.45) is 5.73 Å². The van der Waals surface area contributed by atoms with Gasteiger partial charge in [-0.25, -0.2) is 0 Å². The molecule has 1 fully saturated rings. The van der Waals surface area contributed by atoms with Crippen LogP contribution in [0.2, 0.25) is 0 Å². The van der Waals surface area contributed by atoms with Crippen LogP contribution in [-0.4, -0.2) is 20.3 Å². The van der Waals surface area contributed by atoms with E-state index in [0.717, 1.165) is 17.9 Å². The zero-order valence-corrected chi connectivity index (χ0v) is 8.49. The number of methoxy groups -OCH3 is 2. The lowest BCUT2D eigenvalue weighted by Gasteiger charge is -2.08. The van der Waals surface area contributed by atoms with Gasteiger partial charge in [0.1, 0.15) is 0 Å². The Labute approximate surface area is 83.8 Å². The van der Waals surface area contributed by atoms with E-state index in [9.17, 15) is 0 Å². The Kier molecular flexibility index (Phi) is 2.33. The molecule has 2 N–H and O–H groups in total. The normalized spacial score (nSPS) is 24.5. The highest BCUT2D eigenvalue weighted by Crippen LogP contribution is 2.41. The maximum Gasteiger partial charge on any atom is 0.160 e. The van der Waals surface area contributed by atoms with E-state index in [4.69, 9.17) is 15.2 Å². The van der Waals surface area contributed by atoms with Gasteiger partial charge in [-0.15, -0.1) is 0 Å². The van der Waals surface area contributed by atoms with E-state index in [1.165, 1.54) is 5.56 Å². The first-order chi connectivity index (χ1) is 6.76. The second-order valence-electron chi connectivity index (χ2n) is 3.62. The zero-order chi connectivity index (χ0) is 10.1. The van der Waals surface area contributed by atoms with Crippen LogP contribution in [0.3, 0.4) is 0 Å². The number of hydrogen-bond acceptors (Lipinski definition) is 3. The van der Waals surface area contributed by atoms with E-state index in [1.54, 1.807) is 14.2 Å². The molecule has 2 atom stereocenters. The molecule has 2 rings (SSSR count). The van der Waals surface area contributed by atoms with E-state index in [0.29, 0.717) is 12.0 Å². The van der Waals surface area contributed by atoms with Crippen LogP contribution in [0.25, 0.3) is 0 Å². The van der Waals surface area contributed by atoms with Crippen molar-refractivity contribution in [1.29, 1.82) is 0 Å². The van der Waals surface area contributed by atoms with Crippen LogP contribution in [0.4, 0.5) is 0 Å². The molecule has 0 saturated heterocycles. The van der Waals surface area contributed by atoms with Crippen molar-refractivity contribution >= 4 is 0 Å². The number of benzene rings is 1. The maximum atomic E-state index is 5.79. The third-order valence-electron chi connectivity index (χ3n) is 2.68. The van der Waals surface area contributed by atoms with Crippen molar-refractivity contribution in [2.75, 3.05) is 14.2 Å². The van der Waals surface area contributed by atoms with Crippen molar-refractivity contribution in [2.45, 2.75) is 18.4 Å². The monoisotopic (exact) mass is 193 g/mol. The minimum Gasteiger partial charge on any atom is -0.493 e. The van der Waals surface area contributed by atoms with Crippen LogP contribution in [-0.2, 0) is 0 Å². The SMILES string of the molecule is COc1ccc(C2C[C@H]2N)cc1OC. The summed E-state index contributed by atoms with van der Waals surface area (Å²) in [6.07, 6.45) is 1.08. The lowest BCUT2D eigenvalue weighted by atomic mass is 10.1. The van der Waals surface area contributed by atoms with Crippen LogP contribution in [0.5, 0.6) is 11.5 Å². The molecular formula is C11H15NO2. The highest BCUT2D eigenvalue weighted by atomic mass is 16.5. The summed E-state index contributed by atoms with van der Waals surface area (Å²) in [6.45, 7) is 0. The first kappa shape index (κ1) is 9.34. The molecule has 0 spiro atoms. The summed E-state index contributed by atoms with van der Waals surface area (Å²) < 4.78 is 10.4. The third kappa shape index (κ3) is 1.55. The fourth-order valence-electron chi connectivity index (χ4n) is 1.68. The van der Waals surface area contributed by atoms with Gasteiger partial charge in [0.15, 0.2) is 11.5 Å². The van der Waals surface area contributed by atoms with E-state index >= 15 is 0 Å². The molecule has 0 amide bonds. The maximum absolute atomic E-state index is 5.79. The molecule has 0 radical (unpaired) electrons. The molecule has 1 aliphatic carbocycles. The van der Waals surface area contributed by atoms with Gasteiger partial charge in [0.2, 0.25) is 0 Å². The fourth-order valence-corrected chi connectivity index (χ4v) is 1.68. The Balaban J connectivity index is 2.27. The molecule has 14 heavy (non-hydrogen) atoms. The standard InChI is InChI=1S/C11H15NO2/c1-13-10-4-3-7(5-11(10)14-2)8-6-9(8)12/h3-5,8-9H,6,12H2,1-2H3/t8?,9-/m1/s1. The summed E-state index contributed by atoms with van der Waals surface area (Å²) in [7, 11) is 3.29. The van der Waals surface area contributed by atoms with Crippen molar-refractivity contribution in [3.8, 4) is 11.5 Å². The van der Waals surface area contributed by atoms with Gasteiger partial charge in [-0.3, -0.25) is 0 Å². The Bertz CT molecular complexity index is 338. The second-order valence-corrected chi connectivity index (χ2v) is 3.62. The van der Waals surface area contributed by atoms with Crippen molar-refractivity contribution in [1.82, 2.24) is 0 Å². The van der Waals surface area contributed by atoms with E-state index < -0.39 is 0 Å². The Morgan fingerprint density at radius 1 is 1.21 bits per heavy atom. The molecule has 1 saturated carbocycles. The summed E-state index contributed by atoms with van der Waals surface area (Å²) in [5.41, 5.74) is 7.03. The third-order valence-corrected chi connectivity index (χ3v) is 2.68. The molecule has 3 nitrogen and oxygen atoms in total. The van der Waals surface area contributed by atoms with Gasteiger partial charge in [0.05, 0.1) is 14.2 Å². The van der Waals surface area contributed by atoms with Gasteiger partial charge in [0.25, 0.3) is 0 Å². The van der Waals surface area contributed by atoms with Gasteiger partial charge < -0.3 is 15.2 Å². The topological polar surface area (TPSA) is 44.5 Å². The van der Waals surface area contributed by atoms with Gasteiger partial charge in [-0.1, -0.05) is 6.07 Å². The summed E-state index contributed by atoms with van der Waals surface area (Å²) in [6, 6.07) is 6.32. The van der Waals surface area contributed by atoms with Gasteiger partial charge in [0, 0.05) is 12.0 Å². The first-order valence-corrected chi connectivity index (χ1v) is 4.73. The van der Waals surface area contributed by atoms with Crippen molar-refractivity contribution < 1.29 is 9.47 Å². The molecule has 3 heteroatoms. The quantitative estimate of drug-likeness (QED) is 0.791. The minimum atomic E-state index is 0.327. The highest BCUT2D eigenvalue weighted by Gasteiger charge is 2.35. The van der Waals surface area contributed by atoms with Crippen LogP contribution in [0, 0.1) is 0 Å². The average molecular weight is 193 g/mol. The second kappa shape index (κ2) is 3.50. The molecule has 1 aliphatic rings. The largest absolute Gasteiger partial charge is 0.493 e. The summed E-state index contributed by atoms with van der Waals surface area (Å²) in [4.78, 5) is 0. The number of rotatable bonds is 3. The molecule has 0 aliphatic heterocycles. The van der Waals surface area contributed by atoms with Crippen molar-refractivity contribution in [3.63, 3.8) is 0 Å². The Hall–Kier alpha value is -1.22. The molecule has 0 bridgehead atoms. The van der Waals surface area contributed by atoms with Crippen LogP contribution in [0.15, 0.2) is 18.2 Å². The molecule has 1 aromatic rings. The number of nitrogens with two attached hydrogens (primary N) is 1. The lowest BCUT2D eigenvalue weighted by molar-refractivity contribution is 0.354. The predicted molar refractivity (Wildman–Crippen MR) is 54.9 cm³/mol. The van der Waals surface area contributed by atoms with E-state index in [2.05, 4.69) is 6.07 Å². The van der Waals surface area contributed by atoms with E-state index in [1.807, 2.05) is 12.1 Å². The molecule has 1 aromatic carbocycles. The predicted octanol–water partition coefficient (Wildman–Crippen LogP) is 1.52. The summed E-state index contributed by atoms with van der Waals surface area (Å²) in [5.74, 6) is 2.06. The molecule has 0 aromatic heterocycles. The van der Waals surface area contributed by atoms with Gasteiger partial charge in [-0.05, 0) is 24.1 Å².